The van der Waals surface area contributed by atoms with Gasteiger partial charge in [-0.15, -0.1) is 0 Å². The Hall–Kier alpha value is -1.88. The predicted molar refractivity (Wildman–Crippen MR) is 61.1 cm³/mol. The van der Waals surface area contributed by atoms with Crippen LogP contribution in [0.15, 0.2) is 24.3 Å². The summed E-state index contributed by atoms with van der Waals surface area (Å²) in [4.78, 5) is 24.1. The van der Waals surface area contributed by atoms with Gasteiger partial charge in [0, 0.05) is 18.9 Å². The fraction of sp³-hybridized carbons (Fsp3) is 0.333. The van der Waals surface area contributed by atoms with Crippen LogP contribution in [0.2, 0.25) is 0 Å². The van der Waals surface area contributed by atoms with Crippen LogP contribution in [0.1, 0.15) is 0 Å². The van der Waals surface area contributed by atoms with Gasteiger partial charge in [0.05, 0.1) is 7.11 Å². The van der Waals surface area contributed by atoms with Gasteiger partial charge in [-0.1, -0.05) is 6.07 Å². The van der Waals surface area contributed by atoms with Gasteiger partial charge in [0.25, 0.3) is 5.91 Å². The number of ether oxygens (including phenoxy) is 2. The number of carbonyl (C=O) groups is 2. The molecular weight excluding hydrogens is 222 g/mol. The van der Waals surface area contributed by atoms with E-state index in [1.54, 1.807) is 31.4 Å². The highest BCUT2D eigenvalue weighted by Crippen LogP contribution is 2.30. The second-order valence-corrected chi connectivity index (χ2v) is 3.69. The summed E-state index contributed by atoms with van der Waals surface area (Å²) in [7, 11) is 2.97. The maximum Gasteiger partial charge on any atom is 0.259 e. The molecule has 1 saturated heterocycles. The van der Waals surface area contributed by atoms with Crippen LogP contribution >= 0.6 is 0 Å². The lowest BCUT2D eigenvalue weighted by atomic mass is 9.98. The van der Waals surface area contributed by atoms with Gasteiger partial charge in [0.2, 0.25) is 0 Å². The van der Waals surface area contributed by atoms with Crippen molar-refractivity contribution in [1.82, 2.24) is 0 Å². The molecule has 0 radical (unpaired) electrons. The average Bonchev–Trinajstić information content (AvgIpc) is 2.36. The molecule has 1 heterocycles. The number of hydrogen-bond donors (Lipinski definition) is 0. The second kappa shape index (κ2) is 4.55. The molecule has 0 aliphatic carbocycles. The first-order chi connectivity index (χ1) is 8.22. The number of β-lactam (4-membered cyclic amide) rings is 1. The fourth-order valence-electron chi connectivity index (χ4n) is 1.92. The summed E-state index contributed by atoms with van der Waals surface area (Å²) in [6.07, 6.45) is 0.0494. The Kier molecular flexibility index (Phi) is 3.10. The van der Waals surface area contributed by atoms with E-state index in [4.69, 9.17) is 9.47 Å². The molecule has 5 heteroatoms. The summed E-state index contributed by atoms with van der Waals surface area (Å²) in [6.45, 7) is 0. The minimum absolute atomic E-state index is 0.210. The monoisotopic (exact) mass is 235 g/mol. The number of benzene rings is 1. The van der Waals surface area contributed by atoms with Crippen molar-refractivity contribution in [1.29, 1.82) is 0 Å². The van der Waals surface area contributed by atoms with E-state index < -0.39 is 12.1 Å². The van der Waals surface area contributed by atoms with Gasteiger partial charge in [-0.3, -0.25) is 9.69 Å². The highest BCUT2D eigenvalue weighted by atomic mass is 16.5. The van der Waals surface area contributed by atoms with E-state index in [1.165, 1.54) is 12.0 Å². The lowest BCUT2D eigenvalue weighted by molar-refractivity contribution is -0.142. The third-order valence-corrected chi connectivity index (χ3v) is 2.81. The first-order valence-electron chi connectivity index (χ1n) is 5.18. The molecule has 1 fully saturated rings. The molecule has 0 N–H and O–H groups in total. The lowest BCUT2D eigenvalue weighted by Crippen LogP contribution is -2.66. The highest BCUT2D eigenvalue weighted by Gasteiger charge is 2.48. The number of amides is 1. The molecule has 0 bridgehead atoms. The zero-order valence-electron chi connectivity index (χ0n) is 9.62. The van der Waals surface area contributed by atoms with Crippen molar-refractivity contribution < 1.29 is 19.1 Å². The maximum absolute atomic E-state index is 11.8. The number of rotatable bonds is 4. The molecule has 5 nitrogen and oxygen atoms in total. The Morgan fingerprint density at radius 2 is 2.12 bits per heavy atom. The first kappa shape index (κ1) is 11.6. The Balaban J connectivity index is 2.27. The second-order valence-electron chi connectivity index (χ2n) is 3.69. The molecule has 90 valence electrons. The number of nitrogens with zero attached hydrogens (tertiary/aromatic N) is 1. The zero-order valence-corrected chi connectivity index (χ0v) is 9.62. The molecule has 2 rings (SSSR count). The Morgan fingerprint density at radius 3 is 2.71 bits per heavy atom. The van der Waals surface area contributed by atoms with Crippen molar-refractivity contribution in [2.75, 3.05) is 19.1 Å². The van der Waals surface area contributed by atoms with Crippen LogP contribution in [0.25, 0.3) is 0 Å². The zero-order chi connectivity index (χ0) is 12.4. The predicted octanol–water partition coefficient (Wildman–Crippen LogP) is 0.624. The first-order valence-corrected chi connectivity index (χ1v) is 5.18. The van der Waals surface area contributed by atoms with Crippen molar-refractivity contribution >= 4 is 17.9 Å². The van der Waals surface area contributed by atoms with Crippen LogP contribution in [0.5, 0.6) is 5.75 Å². The van der Waals surface area contributed by atoms with Gasteiger partial charge < -0.3 is 14.3 Å². The van der Waals surface area contributed by atoms with Gasteiger partial charge in [-0.05, 0) is 12.1 Å². The van der Waals surface area contributed by atoms with Gasteiger partial charge in [-0.25, -0.2) is 0 Å². The van der Waals surface area contributed by atoms with E-state index in [0.29, 0.717) is 11.4 Å². The number of anilines is 1. The number of carbonyl (C=O) groups excluding carboxylic acids is 2. The molecule has 2 unspecified atom stereocenters. The van der Waals surface area contributed by atoms with Gasteiger partial charge in [0.1, 0.15) is 18.1 Å². The summed E-state index contributed by atoms with van der Waals surface area (Å²) >= 11 is 0. The fourth-order valence-corrected chi connectivity index (χ4v) is 1.92. The number of aldehydes is 1. The minimum Gasteiger partial charge on any atom is -0.497 e. The van der Waals surface area contributed by atoms with Crippen molar-refractivity contribution in [3.05, 3.63) is 24.3 Å². The van der Waals surface area contributed by atoms with Crippen LogP contribution in [0.4, 0.5) is 5.69 Å². The van der Waals surface area contributed by atoms with Crippen molar-refractivity contribution in [3.63, 3.8) is 0 Å². The topological polar surface area (TPSA) is 55.8 Å². The molecule has 0 aromatic heterocycles. The molecule has 0 spiro atoms. The van der Waals surface area contributed by atoms with Crippen molar-refractivity contribution in [3.8, 4) is 5.75 Å². The van der Waals surface area contributed by atoms with E-state index in [2.05, 4.69) is 0 Å². The molecule has 1 aromatic carbocycles. The lowest BCUT2D eigenvalue weighted by Gasteiger charge is -2.42. The summed E-state index contributed by atoms with van der Waals surface area (Å²) in [5, 5.41) is 0. The summed E-state index contributed by atoms with van der Waals surface area (Å²) in [6, 6.07) is 6.45. The smallest absolute Gasteiger partial charge is 0.259 e. The van der Waals surface area contributed by atoms with E-state index in [9.17, 15) is 9.59 Å². The summed E-state index contributed by atoms with van der Waals surface area (Å²) < 4.78 is 10.0. The standard InChI is InChI=1S/C12H13NO4/c1-16-9-5-3-4-8(6-9)13-10(7-14)11(17-2)12(13)15/h3-7,10-11H,1-2H3. The van der Waals surface area contributed by atoms with E-state index in [-0.39, 0.29) is 5.91 Å². The van der Waals surface area contributed by atoms with Crippen LogP contribution in [-0.2, 0) is 14.3 Å². The molecule has 0 saturated carbocycles. The van der Waals surface area contributed by atoms with Crippen LogP contribution in [0.3, 0.4) is 0 Å². The number of methoxy groups -OCH3 is 2. The molecule has 1 aliphatic rings. The largest absolute Gasteiger partial charge is 0.497 e. The molecule has 2 atom stereocenters. The Labute approximate surface area is 98.9 Å². The van der Waals surface area contributed by atoms with Gasteiger partial charge in [-0.2, -0.15) is 0 Å². The van der Waals surface area contributed by atoms with Crippen molar-refractivity contribution in [2.45, 2.75) is 12.1 Å². The van der Waals surface area contributed by atoms with Crippen molar-refractivity contribution in [2.24, 2.45) is 0 Å². The van der Waals surface area contributed by atoms with Crippen LogP contribution < -0.4 is 9.64 Å². The molecule has 17 heavy (non-hydrogen) atoms. The van der Waals surface area contributed by atoms with Crippen LogP contribution in [0, 0.1) is 0 Å². The van der Waals surface area contributed by atoms with E-state index in [0.717, 1.165) is 6.29 Å². The van der Waals surface area contributed by atoms with E-state index >= 15 is 0 Å². The Morgan fingerprint density at radius 1 is 1.35 bits per heavy atom. The molecule has 1 amide bonds. The Bertz CT molecular complexity index is 446. The maximum atomic E-state index is 11.8. The summed E-state index contributed by atoms with van der Waals surface area (Å²) in [5.74, 6) is 0.429. The van der Waals surface area contributed by atoms with Gasteiger partial charge in [0.15, 0.2) is 6.10 Å². The van der Waals surface area contributed by atoms with Gasteiger partial charge >= 0.3 is 0 Å². The van der Waals surface area contributed by atoms with Crippen LogP contribution in [-0.4, -0.2) is 38.6 Å². The minimum atomic E-state index is -0.668. The highest BCUT2D eigenvalue weighted by molar-refractivity contribution is 6.10. The quantitative estimate of drug-likeness (QED) is 0.567. The van der Waals surface area contributed by atoms with E-state index in [1.807, 2.05) is 0 Å². The molecule has 1 aromatic rings. The third kappa shape index (κ3) is 1.78. The number of hydrogen-bond acceptors (Lipinski definition) is 4. The summed E-state index contributed by atoms with van der Waals surface area (Å²) in [5.41, 5.74) is 0.639. The molecule has 1 aliphatic heterocycles. The average molecular weight is 235 g/mol. The normalized spacial score (nSPS) is 23.2. The molecular formula is C12H13NO4. The third-order valence-electron chi connectivity index (χ3n) is 2.81. The SMILES string of the molecule is COc1cccc(N2C(=O)C(OC)C2C=O)c1.